The highest BCUT2D eigenvalue weighted by molar-refractivity contribution is 5.88. The Morgan fingerprint density at radius 1 is 0.576 bits per heavy atom. The maximum atomic E-state index is 12.6. The first-order chi connectivity index (χ1) is 27.8. The SMILES string of the molecule is CC(=O)C[C@@H](CCC(=O)N[C@@H](CCC(=O)C[C@@H](CCC(=O)N[C@@H](CCC(=O)NCCCC[C@H](CCC(=O)CCc1cnc[nH]1)C(C)=O)C(=O)O)C(=O)O)C(=O)O)C(=O)O. The van der Waals surface area contributed by atoms with E-state index in [1.165, 1.54) is 20.2 Å². The minimum absolute atomic E-state index is 0.0218. The number of hydrogen-bond acceptors (Lipinski definition) is 12. The molecule has 1 heterocycles. The number of ketones is 4. The van der Waals surface area contributed by atoms with Gasteiger partial charge in [-0.2, -0.15) is 0 Å². The highest BCUT2D eigenvalue weighted by atomic mass is 16.4. The quantitative estimate of drug-likeness (QED) is 0.0459. The van der Waals surface area contributed by atoms with Gasteiger partial charge in [0.05, 0.1) is 18.2 Å². The minimum Gasteiger partial charge on any atom is -0.481 e. The summed E-state index contributed by atoms with van der Waals surface area (Å²) in [5, 5.41) is 45.0. The van der Waals surface area contributed by atoms with Crippen molar-refractivity contribution in [3.05, 3.63) is 18.2 Å². The molecule has 0 fully saturated rings. The summed E-state index contributed by atoms with van der Waals surface area (Å²) >= 11 is 0. The molecule has 0 saturated heterocycles. The molecule has 8 N–H and O–H groups in total. The van der Waals surface area contributed by atoms with E-state index in [0.717, 1.165) is 5.69 Å². The topological polar surface area (TPSA) is 333 Å². The van der Waals surface area contributed by atoms with Crippen LogP contribution in [-0.2, 0) is 59.2 Å². The molecule has 0 bridgehead atoms. The van der Waals surface area contributed by atoms with Gasteiger partial charge in [0, 0.05) is 75.7 Å². The monoisotopic (exact) mass is 835 g/mol. The zero-order chi connectivity index (χ0) is 44.5. The van der Waals surface area contributed by atoms with Gasteiger partial charge < -0.3 is 46.2 Å². The number of Topliss-reactive ketones (excluding diaryl/α,β-unsaturated/α-hetero) is 4. The maximum Gasteiger partial charge on any atom is 0.326 e. The second-order valence-electron chi connectivity index (χ2n) is 14.6. The number of nitrogens with one attached hydrogen (secondary N) is 4. The van der Waals surface area contributed by atoms with Crippen molar-refractivity contribution >= 4 is 64.7 Å². The predicted octanol–water partition coefficient (Wildman–Crippen LogP) is 1.78. The summed E-state index contributed by atoms with van der Waals surface area (Å²) in [5.41, 5.74) is 0.858. The van der Waals surface area contributed by atoms with E-state index in [-0.39, 0.29) is 62.6 Å². The van der Waals surface area contributed by atoms with Crippen molar-refractivity contribution in [3.63, 3.8) is 0 Å². The van der Waals surface area contributed by atoms with E-state index in [1.807, 2.05) is 0 Å². The van der Waals surface area contributed by atoms with Gasteiger partial charge in [0.2, 0.25) is 17.7 Å². The first-order valence-electron chi connectivity index (χ1n) is 19.6. The summed E-state index contributed by atoms with van der Waals surface area (Å²) in [6.45, 7) is 2.93. The molecule has 5 atom stereocenters. The molecule has 20 nitrogen and oxygen atoms in total. The van der Waals surface area contributed by atoms with Gasteiger partial charge in [0.15, 0.2) is 0 Å². The van der Waals surface area contributed by atoms with Gasteiger partial charge in [-0.15, -0.1) is 0 Å². The van der Waals surface area contributed by atoms with Gasteiger partial charge in [0.1, 0.15) is 35.2 Å². The van der Waals surface area contributed by atoms with Gasteiger partial charge in [-0.3, -0.25) is 38.4 Å². The van der Waals surface area contributed by atoms with E-state index in [9.17, 15) is 73.2 Å². The highest BCUT2D eigenvalue weighted by Crippen LogP contribution is 2.18. The predicted molar refractivity (Wildman–Crippen MR) is 205 cm³/mol. The highest BCUT2D eigenvalue weighted by Gasteiger charge is 2.28. The molecule has 1 aromatic rings. The van der Waals surface area contributed by atoms with Crippen LogP contribution >= 0.6 is 0 Å². The fraction of sp³-hybridized carbons (Fsp3) is 0.641. The second-order valence-corrected chi connectivity index (χ2v) is 14.6. The van der Waals surface area contributed by atoms with E-state index in [4.69, 9.17) is 0 Å². The molecule has 0 unspecified atom stereocenters. The Labute approximate surface area is 341 Å². The lowest BCUT2D eigenvalue weighted by atomic mass is 9.91. The average molecular weight is 836 g/mol. The first-order valence-corrected chi connectivity index (χ1v) is 19.6. The lowest BCUT2D eigenvalue weighted by molar-refractivity contribution is -0.145. The lowest BCUT2D eigenvalue weighted by Crippen LogP contribution is -2.42. The summed E-state index contributed by atoms with van der Waals surface area (Å²) < 4.78 is 0. The molecule has 0 saturated carbocycles. The van der Waals surface area contributed by atoms with Crippen LogP contribution in [0.3, 0.4) is 0 Å². The average Bonchev–Trinajstić information content (AvgIpc) is 3.68. The number of hydrogen-bond donors (Lipinski definition) is 8. The van der Waals surface area contributed by atoms with Crippen molar-refractivity contribution in [1.29, 1.82) is 0 Å². The number of rotatable bonds is 34. The van der Waals surface area contributed by atoms with E-state index < -0.39 is 109 Å². The van der Waals surface area contributed by atoms with Gasteiger partial charge >= 0.3 is 23.9 Å². The summed E-state index contributed by atoms with van der Waals surface area (Å²) in [5.74, 6) is -11.6. The van der Waals surface area contributed by atoms with Crippen LogP contribution in [0.1, 0.15) is 122 Å². The molecule has 328 valence electrons. The number of aryl methyl sites for hydroxylation is 1. The van der Waals surface area contributed by atoms with Crippen LogP contribution in [0, 0.1) is 17.8 Å². The van der Waals surface area contributed by atoms with Crippen LogP contribution in [-0.4, -0.2) is 114 Å². The number of imidazole rings is 1. The van der Waals surface area contributed by atoms with Crippen LogP contribution in [0.25, 0.3) is 0 Å². The Bertz CT molecular complexity index is 1630. The molecular formula is C39H57N5O15. The molecule has 0 radical (unpaired) electrons. The largest absolute Gasteiger partial charge is 0.481 e. The summed E-state index contributed by atoms with van der Waals surface area (Å²) in [6.07, 6.45) is 2.75. The van der Waals surface area contributed by atoms with Crippen LogP contribution < -0.4 is 16.0 Å². The minimum atomic E-state index is -1.55. The van der Waals surface area contributed by atoms with Gasteiger partial charge in [0.25, 0.3) is 0 Å². The van der Waals surface area contributed by atoms with Crippen LogP contribution in [0.2, 0.25) is 0 Å². The molecule has 0 aliphatic carbocycles. The third-order valence-corrected chi connectivity index (χ3v) is 9.66. The van der Waals surface area contributed by atoms with E-state index >= 15 is 0 Å². The van der Waals surface area contributed by atoms with Crippen LogP contribution in [0.5, 0.6) is 0 Å². The number of aromatic amines is 1. The van der Waals surface area contributed by atoms with E-state index in [0.29, 0.717) is 38.5 Å². The summed E-state index contributed by atoms with van der Waals surface area (Å²) in [6, 6.07) is -3.01. The smallest absolute Gasteiger partial charge is 0.326 e. The lowest BCUT2D eigenvalue weighted by Gasteiger charge is -2.17. The number of carboxylic acid groups (broad SMARTS) is 4. The molecule has 3 amide bonds. The third kappa shape index (κ3) is 23.2. The van der Waals surface area contributed by atoms with Crippen molar-refractivity contribution in [2.24, 2.45) is 17.8 Å². The molecular weight excluding hydrogens is 778 g/mol. The van der Waals surface area contributed by atoms with Crippen molar-refractivity contribution in [2.75, 3.05) is 6.54 Å². The van der Waals surface area contributed by atoms with Crippen molar-refractivity contribution in [3.8, 4) is 0 Å². The van der Waals surface area contributed by atoms with Gasteiger partial charge in [-0.25, -0.2) is 14.6 Å². The van der Waals surface area contributed by atoms with Crippen molar-refractivity contribution in [2.45, 2.75) is 135 Å². The fourth-order valence-electron chi connectivity index (χ4n) is 6.13. The zero-order valence-corrected chi connectivity index (χ0v) is 33.5. The Balaban J connectivity index is 2.46. The standard InChI is InChI=1S/C39H57N5O15/c1-23(45)19-26(36(52)53)7-15-34(50)43-31(38(56)57)13-12-30(48)20-27(37(54)55)8-16-35(51)44-32(39(58)59)14-17-33(49)41-18-4-3-5-25(24(2)46)6-10-29(47)11-9-28-21-40-22-42-28/h21-22,25-27,31-32H,3-20H2,1-2H3,(H,40,42)(H,41,49)(H,43,50)(H,44,51)(H,52,53)(H,54,55)(H,56,57)(H,58,59)/t25-,26-,27-,31+,32+/m1/s1. The Morgan fingerprint density at radius 2 is 1.08 bits per heavy atom. The number of nitrogens with zero attached hydrogens (tertiary/aromatic N) is 1. The molecule has 0 spiro atoms. The number of carbonyl (C=O) groups is 11. The molecule has 20 heteroatoms. The molecule has 0 aliphatic rings. The number of carbonyl (C=O) groups excluding carboxylic acids is 7. The second kappa shape index (κ2) is 27.8. The molecule has 0 aromatic carbocycles. The van der Waals surface area contributed by atoms with Crippen LogP contribution in [0.4, 0.5) is 0 Å². The van der Waals surface area contributed by atoms with Crippen molar-refractivity contribution < 1.29 is 73.2 Å². The van der Waals surface area contributed by atoms with Crippen LogP contribution in [0.15, 0.2) is 12.5 Å². The fourth-order valence-corrected chi connectivity index (χ4v) is 6.13. The van der Waals surface area contributed by atoms with E-state index in [1.54, 1.807) is 6.20 Å². The molecule has 59 heavy (non-hydrogen) atoms. The molecule has 1 rings (SSSR count). The molecule has 0 aliphatic heterocycles. The van der Waals surface area contributed by atoms with Crippen molar-refractivity contribution in [1.82, 2.24) is 25.9 Å². The molecule has 1 aromatic heterocycles. The number of carboxylic acids is 4. The van der Waals surface area contributed by atoms with Gasteiger partial charge in [-0.05, 0) is 65.2 Å². The number of amides is 3. The number of aliphatic carboxylic acids is 4. The maximum absolute atomic E-state index is 12.6. The van der Waals surface area contributed by atoms with Gasteiger partial charge in [-0.1, -0.05) is 6.42 Å². The Kier molecular flexibility index (Phi) is 24.1. The number of H-pyrrole nitrogens is 1. The summed E-state index contributed by atoms with van der Waals surface area (Å²) in [7, 11) is 0. The number of aromatic nitrogens is 2. The Hall–Kier alpha value is -5.82. The Morgan fingerprint density at radius 3 is 1.58 bits per heavy atom. The van der Waals surface area contributed by atoms with E-state index in [2.05, 4.69) is 25.9 Å². The first kappa shape index (κ1) is 51.2. The third-order valence-electron chi connectivity index (χ3n) is 9.66. The normalized spacial score (nSPS) is 13.5. The number of unbranched alkanes of at least 4 members (excludes halogenated alkanes) is 1. The summed E-state index contributed by atoms with van der Waals surface area (Å²) in [4.78, 5) is 139. The zero-order valence-electron chi connectivity index (χ0n) is 33.5.